The molecule has 10 aliphatic rings. The first kappa shape index (κ1) is 45.8. The number of esters is 4. The van der Waals surface area contributed by atoms with Crippen LogP contribution in [0.15, 0.2) is 0 Å². The molecule has 7 atom stereocenters. The number of carbonyl (C=O) groups is 4. The summed E-state index contributed by atoms with van der Waals surface area (Å²) in [6.45, 7) is 20.1. The molecule has 7 saturated carbocycles. The smallest absolute Gasteiger partial charge is 0.312 e. The molecule has 10 heteroatoms. The number of ether oxygens (including phenoxy) is 5. The average molecular weight is 841 g/mol. The zero-order valence-corrected chi connectivity index (χ0v) is 39.0. The minimum absolute atomic E-state index is 0.0435. The van der Waals surface area contributed by atoms with Crippen molar-refractivity contribution in [1.29, 1.82) is 0 Å². The lowest BCUT2D eigenvalue weighted by atomic mass is 9.50. The fraction of sp³-hybridized carbons (Fsp3) is 0.920. The summed E-state index contributed by atoms with van der Waals surface area (Å²) in [4.78, 5) is 49.0. The highest BCUT2D eigenvalue weighted by atomic mass is 16.7. The van der Waals surface area contributed by atoms with Crippen molar-refractivity contribution in [3.05, 3.63) is 0 Å². The Morgan fingerprint density at radius 1 is 0.667 bits per heavy atom. The van der Waals surface area contributed by atoms with Crippen molar-refractivity contribution < 1.29 is 48.0 Å². The van der Waals surface area contributed by atoms with Gasteiger partial charge in [-0.05, 0) is 157 Å². The van der Waals surface area contributed by atoms with Gasteiger partial charge in [0.2, 0.25) is 0 Å². The van der Waals surface area contributed by atoms with E-state index in [1.165, 1.54) is 77.0 Å². The minimum atomic E-state index is -0.555. The molecule has 10 fully saturated rings. The summed E-state index contributed by atoms with van der Waals surface area (Å²) < 4.78 is 29.0. The van der Waals surface area contributed by atoms with E-state index in [-0.39, 0.29) is 69.5 Å². The van der Waals surface area contributed by atoms with E-state index in [9.17, 15) is 24.3 Å². The Morgan fingerprint density at radius 2 is 1.13 bits per heavy atom. The van der Waals surface area contributed by atoms with Gasteiger partial charge >= 0.3 is 23.9 Å². The average Bonchev–Trinajstić information content (AvgIpc) is 4.02. The highest BCUT2D eigenvalue weighted by Gasteiger charge is 2.67. The van der Waals surface area contributed by atoms with Gasteiger partial charge in [-0.3, -0.25) is 19.2 Å². The summed E-state index contributed by atoms with van der Waals surface area (Å²) in [6.07, 6.45) is 21.7. The lowest BCUT2D eigenvalue weighted by Crippen LogP contribution is -2.61. The van der Waals surface area contributed by atoms with E-state index in [2.05, 4.69) is 13.8 Å². The number of hydrogen-bond acceptors (Lipinski definition) is 10. The molecule has 0 aromatic carbocycles. The molecule has 10 rings (SSSR count). The Balaban J connectivity index is 0.000000137. The highest BCUT2D eigenvalue weighted by Crippen LogP contribution is 2.67. The molecule has 0 radical (unpaired) electrons. The summed E-state index contributed by atoms with van der Waals surface area (Å²) in [5.74, 6) is 0.482. The first-order valence-corrected chi connectivity index (χ1v) is 24.3. The molecule has 0 aromatic rings. The van der Waals surface area contributed by atoms with E-state index in [4.69, 9.17) is 23.7 Å². The molecule has 10 nitrogen and oxygen atoms in total. The quantitative estimate of drug-likeness (QED) is 0.177. The van der Waals surface area contributed by atoms with Gasteiger partial charge in [-0.1, -0.05) is 52.9 Å². The summed E-state index contributed by atoms with van der Waals surface area (Å²) in [5.41, 5.74) is -1.92. The van der Waals surface area contributed by atoms with Gasteiger partial charge in [0.1, 0.15) is 17.3 Å². The molecule has 1 N–H and O–H groups in total. The molecule has 2 spiro atoms. The number of rotatable bonds is 9. The summed E-state index contributed by atoms with van der Waals surface area (Å²) in [7, 11) is 0. The van der Waals surface area contributed by atoms with E-state index in [0.717, 1.165) is 38.5 Å². The molecular weight excluding hydrogens is 761 g/mol. The lowest BCUT2D eigenvalue weighted by Gasteiger charge is -2.60. The third-order valence-electron chi connectivity index (χ3n) is 18.4. The summed E-state index contributed by atoms with van der Waals surface area (Å²) in [5, 5.41) is 10.6. The maximum absolute atomic E-state index is 13.0. The second-order valence-corrected chi connectivity index (χ2v) is 23.5. The first-order chi connectivity index (χ1) is 28.0. The Labute approximate surface area is 361 Å². The van der Waals surface area contributed by atoms with Crippen molar-refractivity contribution in [3.8, 4) is 0 Å². The van der Waals surface area contributed by atoms with Crippen molar-refractivity contribution >= 4 is 23.9 Å². The predicted molar refractivity (Wildman–Crippen MR) is 227 cm³/mol. The molecular formula is C50H80O10. The Morgan fingerprint density at radius 3 is 1.62 bits per heavy atom. The van der Waals surface area contributed by atoms with E-state index in [0.29, 0.717) is 31.1 Å². The van der Waals surface area contributed by atoms with Gasteiger partial charge in [0.05, 0.1) is 33.9 Å². The monoisotopic (exact) mass is 841 g/mol. The maximum atomic E-state index is 13.0. The standard InChI is InChI=1S/C21H36O2.C16H26O3.C13H18O5/c1-5-18(2,3)17(22)23-19(4)20(11-6-7-12-20)15-10-16-21(19)13-8-9-14-21;1-4-14(2,3)13(17)19-16-8-11-5-12(9-16)7-15(18,6-11)10-16;1-4-13(2,3)12(15)18-9-7-5-6-8(16-7)10(9)17-11(6)14/h5-16H2,1-4H3;11-12,18H,4-10H2,1-3H3;6-10H,4-5H2,1-3H3. The number of aliphatic hydroxyl groups is 1. The van der Waals surface area contributed by atoms with Gasteiger partial charge in [0, 0.05) is 17.3 Å². The van der Waals surface area contributed by atoms with Crippen molar-refractivity contribution in [2.24, 2.45) is 44.8 Å². The molecule has 3 aliphatic heterocycles. The van der Waals surface area contributed by atoms with E-state index < -0.39 is 28.6 Å². The van der Waals surface area contributed by atoms with Crippen molar-refractivity contribution in [2.45, 2.75) is 245 Å². The normalized spacial score (nSPS) is 37.2. The van der Waals surface area contributed by atoms with Gasteiger partial charge in [-0.2, -0.15) is 0 Å². The van der Waals surface area contributed by atoms with Crippen LogP contribution in [0.1, 0.15) is 204 Å². The maximum Gasteiger partial charge on any atom is 0.312 e. The Kier molecular flexibility index (Phi) is 12.3. The van der Waals surface area contributed by atoms with Crippen molar-refractivity contribution in [2.75, 3.05) is 0 Å². The molecule has 7 unspecified atom stereocenters. The Hall–Kier alpha value is -2.20. The predicted octanol–water partition coefficient (Wildman–Crippen LogP) is 10.1. The molecule has 3 saturated heterocycles. The third kappa shape index (κ3) is 7.99. The molecule has 6 bridgehead atoms. The van der Waals surface area contributed by atoms with E-state index in [1.807, 2.05) is 55.4 Å². The van der Waals surface area contributed by atoms with Gasteiger partial charge in [0.15, 0.2) is 12.2 Å². The van der Waals surface area contributed by atoms with Crippen LogP contribution in [0.25, 0.3) is 0 Å². The highest BCUT2D eigenvalue weighted by molar-refractivity contribution is 5.79. The fourth-order valence-corrected chi connectivity index (χ4v) is 13.6. The van der Waals surface area contributed by atoms with Gasteiger partial charge in [-0.15, -0.1) is 0 Å². The zero-order chi connectivity index (χ0) is 43.7. The number of fused-ring (bicyclic) bond motifs is 1. The van der Waals surface area contributed by atoms with E-state index >= 15 is 0 Å². The topological polar surface area (TPSA) is 135 Å². The first-order valence-electron chi connectivity index (χ1n) is 24.3. The van der Waals surface area contributed by atoms with Crippen LogP contribution in [0.4, 0.5) is 0 Å². The number of hydrogen-bond donors (Lipinski definition) is 1. The SMILES string of the molecule is CCC(C)(C)C(=O)OC1(C)C2(CCCC2)CCCC12CCCC2.CCC(C)(C)C(=O)OC12CC3CC(CC(O)(C3)C1)C2.CCC(C)(C)C(=O)OC1C2CC3C(=O)OC1C3O2. The van der Waals surface area contributed by atoms with Crippen LogP contribution in [0.3, 0.4) is 0 Å². The largest absolute Gasteiger partial charge is 0.459 e. The molecule has 60 heavy (non-hydrogen) atoms. The fourth-order valence-electron chi connectivity index (χ4n) is 13.6. The summed E-state index contributed by atoms with van der Waals surface area (Å²) >= 11 is 0. The third-order valence-corrected chi connectivity index (χ3v) is 18.4. The van der Waals surface area contributed by atoms with Crippen molar-refractivity contribution in [3.63, 3.8) is 0 Å². The zero-order valence-electron chi connectivity index (χ0n) is 39.0. The number of carbonyl (C=O) groups excluding carboxylic acids is 4. The van der Waals surface area contributed by atoms with Gasteiger partial charge in [0.25, 0.3) is 0 Å². The minimum Gasteiger partial charge on any atom is -0.459 e. The van der Waals surface area contributed by atoms with Crippen LogP contribution < -0.4 is 0 Å². The molecule has 0 aromatic heterocycles. The Bertz CT molecular complexity index is 1590. The van der Waals surface area contributed by atoms with E-state index in [1.54, 1.807) is 0 Å². The molecule has 340 valence electrons. The van der Waals surface area contributed by atoms with Crippen LogP contribution in [0.5, 0.6) is 0 Å². The van der Waals surface area contributed by atoms with Crippen LogP contribution in [0, 0.1) is 44.8 Å². The summed E-state index contributed by atoms with van der Waals surface area (Å²) in [6, 6.07) is 0. The molecule has 0 amide bonds. The van der Waals surface area contributed by atoms with Gasteiger partial charge in [-0.25, -0.2) is 0 Å². The lowest BCUT2D eigenvalue weighted by molar-refractivity contribution is -0.229. The molecule has 7 aliphatic carbocycles. The van der Waals surface area contributed by atoms with Gasteiger partial charge < -0.3 is 28.8 Å². The van der Waals surface area contributed by atoms with Crippen LogP contribution in [0.2, 0.25) is 0 Å². The second-order valence-electron chi connectivity index (χ2n) is 23.5. The van der Waals surface area contributed by atoms with Crippen LogP contribution >= 0.6 is 0 Å². The van der Waals surface area contributed by atoms with Crippen LogP contribution in [-0.2, 0) is 42.9 Å². The second kappa shape index (κ2) is 16.1. The van der Waals surface area contributed by atoms with Crippen LogP contribution in [-0.4, -0.2) is 70.2 Å². The molecule has 3 heterocycles. The van der Waals surface area contributed by atoms with Crippen molar-refractivity contribution in [1.82, 2.24) is 0 Å².